The quantitative estimate of drug-likeness (QED) is 0.667. The molecular weight excluding hydrogens is 262 g/mol. The largest absolute Gasteiger partial charge is 0.376 e. The molecule has 0 saturated carbocycles. The van der Waals surface area contributed by atoms with Crippen LogP contribution in [-0.2, 0) is 11.4 Å². The third-order valence-corrected chi connectivity index (χ3v) is 3.49. The maximum atomic E-state index is 10.5. The van der Waals surface area contributed by atoms with Crippen LogP contribution in [0.15, 0.2) is 42.5 Å². The maximum absolute atomic E-state index is 10.5. The van der Waals surface area contributed by atoms with Gasteiger partial charge in [-0.15, -0.1) is 0 Å². The molecule has 0 heterocycles. The molecule has 0 aliphatic rings. The van der Waals surface area contributed by atoms with Crippen molar-refractivity contribution in [1.29, 1.82) is 0 Å². The average Bonchev–Trinajstić information content (AvgIpc) is 2.45. The lowest BCUT2D eigenvalue weighted by Crippen LogP contribution is -2.43. The summed E-state index contributed by atoms with van der Waals surface area (Å²) in [4.78, 5) is 5.63. The summed E-state index contributed by atoms with van der Waals surface area (Å²) >= 11 is 0. The first-order chi connectivity index (χ1) is 9.91. The molecule has 0 aromatic heterocycles. The van der Waals surface area contributed by atoms with Crippen molar-refractivity contribution in [1.82, 2.24) is 5.06 Å². The molecule has 3 nitrogen and oxygen atoms in total. The molecule has 0 aliphatic heterocycles. The van der Waals surface area contributed by atoms with E-state index < -0.39 is 6.23 Å². The van der Waals surface area contributed by atoms with Gasteiger partial charge in [-0.1, -0.05) is 57.2 Å². The molecule has 114 valence electrons. The fourth-order valence-corrected chi connectivity index (χ4v) is 2.32. The minimum absolute atomic E-state index is 0.258. The van der Waals surface area contributed by atoms with Crippen LogP contribution in [0, 0.1) is 5.41 Å². The second-order valence-electron chi connectivity index (χ2n) is 6.41. The lowest BCUT2D eigenvalue weighted by atomic mass is 9.94. The smallest absolute Gasteiger partial charge is 0.135 e. The van der Waals surface area contributed by atoms with Crippen LogP contribution in [0.2, 0.25) is 0 Å². The summed E-state index contributed by atoms with van der Waals surface area (Å²) in [6.45, 7) is 9.05. The van der Waals surface area contributed by atoms with Crippen LogP contribution in [0.1, 0.15) is 33.3 Å². The Hall–Kier alpha value is -1.42. The van der Waals surface area contributed by atoms with Gasteiger partial charge in [0, 0.05) is 5.41 Å². The van der Waals surface area contributed by atoms with Gasteiger partial charge in [0.1, 0.15) is 6.23 Å². The molecule has 2 rings (SSSR count). The van der Waals surface area contributed by atoms with E-state index in [0.29, 0.717) is 13.2 Å². The molecule has 0 fully saturated rings. The zero-order chi connectivity index (χ0) is 15.5. The number of aliphatic hydroxyl groups is 1. The Morgan fingerprint density at radius 3 is 2.38 bits per heavy atom. The van der Waals surface area contributed by atoms with Gasteiger partial charge in [-0.25, -0.2) is 0 Å². The Kier molecular flexibility index (Phi) is 4.99. The second-order valence-corrected chi connectivity index (χ2v) is 6.41. The molecule has 0 amide bonds. The number of fused-ring (bicyclic) bond motifs is 1. The van der Waals surface area contributed by atoms with Gasteiger partial charge >= 0.3 is 0 Å². The predicted octanol–water partition coefficient (Wildman–Crippen LogP) is 3.96. The summed E-state index contributed by atoms with van der Waals surface area (Å²) in [5.41, 5.74) is 0.872. The Morgan fingerprint density at radius 2 is 1.76 bits per heavy atom. The topological polar surface area (TPSA) is 32.7 Å². The third kappa shape index (κ3) is 4.03. The molecule has 3 heteroatoms. The predicted molar refractivity (Wildman–Crippen MR) is 86.6 cm³/mol. The van der Waals surface area contributed by atoms with Gasteiger partial charge < -0.3 is 5.11 Å². The van der Waals surface area contributed by atoms with Gasteiger partial charge in [0.15, 0.2) is 0 Å². The first-order valence-electron chi connectivity index (χ1n) is 7.47. The molecule has 0 saturated heterocycles. The monoisotopic (exact) mass is 287 g/mol. The standard InChI is InChI=1S/C18H25NO2/c1-5-21-19(17(20)18(2,3)4)13-14-10-11-15-8-6-7-9-16(15)12-14/h6-12,17,20H,5,13H2,1-4H3. The Labute approximate surface area is 127 Å². The van der Waals surface area contributed by atoms with E-state index in [1.54, 1.807) is 5.06 Å². The second kappa shape index (κ2) is 6.56. The first-order valence-corrected chi connectivity index (χ1v) is 7.47. The summed E-state index contributed by atoms with van der Waals surface area (Å²) < 4.78 is 0. The minimum Gasteiger partial charge on any atom is -0.376 e. The Balaban J connectivity index is 2.22. The van der Waals surface area contributed by atoms with Crippen LogP contribution in [0.5, 0.6) is 0 Å². The number of nitrogens with zero attached hydrogens (tertiary/aromatic N) is 1. The minimum atomic E-state index is -0.649. The van der Waals surface area contributed by atoms with Crippen LogP contribution in [0.3, 0.4) is 0 Å². The summed E-state index contributed by atoms with van der Waals surface area (Å²) in [7, 11) is 0. The van der Waals surface area contributed by atoms with Gasteiger partial charge in [-0.05, 0) is 29.3 Å². The van der Waals surface area contributed by atoms with Crippen molar-refractivity contribution in [2.45, 2.75) is 40.5 Å². The van der Waals surface area contributed by atoms with Crippen molar-refractivity contribution in [2.75, 3.05) is 6.61 Å². The van der Waals surface area contributed by atoms with Crippen LogP contribution < -0.4 is 0 Å². The van der Waals surface area contributed by atoms with Crippen molar-refractivity contribution in [2.24, 2.45) is 5.41 Å². The van der Waals surface area contributed by atoms with E-state index in [9.17, 15) is 5.11 Å². The molecule has 1 unspecified atom stereocenters. The molecule has 1 atom stereocenters. The van der Waals surface area contributed by atoms with Crippen LogP contribution in [0.4, 0.5) is 0 Å². The van der Waals surface area contributed by atoms with Crippen molar-refractivity contribution in [3.63, 3.8) is 0 Å². The van der Waals surface area contributed by atoms with E-state index in [1.807, 2.05) is 39.8 Å². The molecule has 0 spiro atoms. The molecule has 2 aromatic carbocycles. The van der Waals surface area contributed by atoms with E-state index >= 15 is 0 Å². The highest BCUT2D eigenvalue weighted by Crippen LogP contribution is 2.25. The van der Waals surface area contributed by atoms with E-state index in [0.717, 1.165) is 5.56 Å². The lowest BCUT2D eigenvalue weighted by Gasteiger charge is -2.35. The van der Waals surface area contributed by atoms with Crippen molar-refractivity contribution in [3.8, 4) is 0 Å². The van der Waals surface area contributed by atoms with Crippen molar-refractivity contribution in [3.05, 3.63) is 48.0 Å². The summed E-state index contributed by atoms with van der Waals surface area (Å²) in [6, 6.07) is 14.6. The van der Waals surface area contributed by atoms with Gasteiger partial charge in [0.05, 0.1) is 13.2 Å². The van der Waals surface area contributed by atoms with Crippen molar-refractivity contribution < 1.29 is 9.94 Å². The van der Waals surface area contributed by atoms with E-state index in [1.165, 1.54) is 10.8 Å². The van der Waals surface area contributed by atoms with Gasteiger partial charge in [0.25, 0.3) is 0 Å². The van der Waals surface area contributed by atoms with Gasteiger partial charge in [-0.3, -0.25) is 4.84 Å². The Bertz CT molecular complexity index is 589. The van der Waals surface area contributed by atoms with Gasteiger partial charge in [0.2, 0.25) is 0 Å². The van der Waals surface area contributed by atoms with Crippen molar-refractivity contribution >= 4 is 10.8 Å². The van der Waals surface area contributed by atoms with E-state index in [4.69, 9.17) is 4.84 Å². The van der Waals surface area contributed by atoms with E-state index in [2.05, 4.69) is 30.3 Å². The maximum Gasteiger partial charge on any atom is 0.135 e. The van der Waals surface area contributed by atoms with Crippen LogP contribution >= 0.6 is 0 Å². The number of aliphatic hydroxyl groups excluding tert-OH is 1. The normalized spacial score (nSPS) is 13.8. The SMILES string of the molecule is CCON(Cc1ccc2ccccc2c1)C(O)C(C)(C)C. The summed E-state index contributed by atoms with van der Waals surface area (Å²) in [5.74, 6) is 0. The highest BCUT2D eigenvalue weighted by Gasteiger charge is 2.29. The number of benzene rings is 2. The summed E-state index contributed by atoms with van der Waals surface area (Å²) in [5, 5.41) is 14.6. The molecule has 1 N–H and O–H groups in total. The van der Waals surface area contributed by atoms with Crippen LogP contribution in [-0.4, -0.2) is 23.0 Å². The highest BCUT2D eigenvalue weighted by atomic mass is 16.7. The molecular formula is C18H25NO2. The number of hydrogen-bond acceptors (Lipinski definition) is 3. The lowest BCUT2D eigenvalue weighted by molar-refractivity contribution is -0.268. The summed E-state index contributed by atoms with van der Waals surface area (Å²) in [6.07, 6.45) is -0.649. The zero-order valence-corrected chi connectivity index (χ0v) is 13.3. The zero-order valence-electron chi connectivity index (χ0n) is 13.3. The average molecular weight is 287 g/mol. The molecule has 0 radical (unpaired) electrons. The Morgan fingerprint density at radius 1 is 1.10 bits per heavy atom. The molecule has 21 heavy (non-hydrogen) atoms. The number of rotatable bonds is 5. The fraction of sp³-hybridized carbons (Fsp3) is 0.444. The molecule has 0 aliphatic carbocycles. The van der Waals surface area contributed by atoms with Gasteiger partial charge in [-0.2, -0.15) is 5.06 Å². The number of hydroxylamine groups is 2. The number of hydrogen-bond donors (Lipinski definition) is 1. The third-order valence-electron chi connectivity index (χ3n) is 3.49. The van der Waals surface area contributed by atoms with Crippen LogP contribution in [0.25, 0.3) is 10.8 Å². The highest BCUT2D eigenvalue weighted by molar-refractivity contribution is 5.82. The van der Waals surface area contributed by atoms with E-state index in [-0.39, 0.29) is 5.41 Å². The fourth-order valence-electron chi connectivity index (χ4n) is 2.32. The molecule has 2 aromatic rings. The first kappa shape index (κ1) is 16.0. The molecule has 0 bridgehead atoms.